The molecule has 0 bridgehead atoms. The molecule has 10 heavy (non-hydrogen) atoms. The summed E-state index contributed by atoms with van der Waals surface area (Å²) in [6.45, 7) is 1.97. The number of nitrogens with two attached hydrogens (primary N) is 1. The van der Waals surface area contributed by atoms with Crippen LogP contribution in [0.2, 0.25) is 0 Å². The van der Waals surface area contributed by atoms with E-state index in [4.69, 9.17) is 5.73 Å². The molecule has 0 saturated carbocycles. The number of thioether (sulfide) groups is 1. The van der Waals surface area contributed by atoms with Crippen molar-refractivity contribution in [1.82, 2.24) is 4.98 Å². The Balaban J connectivity index is 2.78. The summed E-state index contributed by atoms with van der Waals surface area (Å²) in [4.78, 5) is 3.20. The molecule has 3 heteroatoms. The molecule has 0 aromatic carbocycles. The molecule has 0 radical (unpaired) electrons. The molecule has 1 heterocycles. The van der Waals surface area contributed by atoms with Gasteiger partial charge in [-0.1, -0.05) is 0 Å². The molecule has 0 fully saturated rings. The van der Waals surface area contributed by atoms with E-state index in [0.29, 0.717) is 0 Å². The van der Waals surface area contributed by atoms with E-state index in [0.717, 1.165) is 5.69 Å². The van der Waals surface area contributed by atoms with Crippen molar-refractivity contribution in [3.05, 3.63) is 17.8 Å². The lowest BCUT2D eigenvalue weighted by molar-refractivity contribution is 0.781. The summed E-state index contributed by atoms with van der Waals surface area (Å²) >= 11 is 1.70. The van der Waals surface area contributed by atoms with Crippen molar-refractivity contribution in [2.75, 3.05) is 6.26 Å². The van der Waals surface area contributed by atoms with Crippen LogP contribution in [0.25, 0.3) is 0 Å². The Kier molecular flexibility index (Phi) is 2.40. The van der Waals surface area contributed by atoms with Gasteiger partial charge in [-0.2, -0.15) is 0 Å². The molecular formula is C7H12N2S. The molecule has 1 aromatic rings. The Morgan fingerprint density at radius 1 is 1.60 bits per heavy atom. The van der Waals surface area contributed by atoms with Gasteiger partial charge in [0.15, 0.2) is 0 Å². The first-order valence-electron chi connectivity index (χ1n) is 3.22. The summed E-state index contributed by atoms with van der Waals surface area (Å²) in [5.41, 5.74) is 6.74. The van der Waals surface area contributed by atoms with Gasteiger partial charge in [0.25, 0.3) is 0 Å². The molecule has 3 N–H and O–H groups in total. The standard InChI is InChI=1S/C7H12N2S/c1-5(8)6-3-4-7(9-6)10-2/h3-5,9H,8H2,1-2H3. The SMILES string of the molecule is CSc1ccc(C(C)N)[nH]1. The average molecular weight is 156 g/mol. The predicted molar refractivity (Wildman–Crippen MR) is 45.2 cm³/mol. The molecule has 56 valence electrons. The van der Waals surface area contributed by atoms with E-state index in [1.807, 2.05) is 25.3 Å². The minimum atomic E-state index is 0.112. The molecule has 0 aliphatic carbocycles. The van der Waals surface area contributed by atoms with Crippen molar-refractivity contribution in [2.24, 2.45) is 5.73 Å². The summed E-state index contributed by atoms with van der Waals surface area (Å²) in [6.07, 6.45) is 2.04. The second kappa shape index (κ2) is 3.12. The summed E-state index contributed by atoms with van der Waals surface area (Å²) in [5.74, 6) is 0. The van der Waals surface area contributed by atoms with Gasteiger partial charge in [-0.05, 0) is 25.3 Å². The molecule has 1 rings (SSSR count). The number of hydrogen-bond acceptors (Lipinski definition) is 2. The first-order chi connectivity index (χ1) is 4.74. The number of aromatic amines is 1. The predicted octanol–water partition coefficient (Wildman–Crippen LogP) is 1.76. The first kappa shape index (κ1) is 7.69. The van der Waals surface area contributed by atoms with E-state index in [1.165, 1.54) is 5.03 Å². The van der Waals surface area contributed by atoms with Gasteiger partial charge in [0.2, 0.25) is 0 Å². The molecule has 0 amide bonds. The quantitative estimate of drug-likeness (QED) is 0.641. The van der Waals surface area contributed by atoms with Crippen LogP contribution in [0, 0.1) is 0 Å². The van der Waals surface area contributed by atoms with Crippen molar-refractivity contribution in [1.29, 1.82) is 0 Å². The zero-order valence-electron chi connectivity index (χ0n) is 6.22. The van der Waals surface area contributed by atoms with Crippen LogP contribution in [0.5, 0.6) is 0 Å². The van der Waals surface area contributed by atoms with Gasteiger partial charge in [0.1, 0.15) is 0 Å². The molecule has 2 nitrogen and oxygen atoms in total. The largest absolute Gasteiger partial charge is 0.352 e. The molecule has 1 unspecified atom stereocenters. The van der Waals surface area contributed by atoms with Crippen molar-refractivity contribution >= 4 is 11.8 Å². The van der Waals surface area contributed by atoms with E-state index in [9.17, 15) is 0 Å². The molecule has 0 spiro atoms. The third-order valence-electron chi connectivity index (χ3n) is 1.39. The lowest BCUT2D eigenvalue weighted by atomic mass is 10.3. The van der Waals surface area contributed by atoms with Crippen LogP contribution in [0.3, 0.4) is 0 Å². The van der Waals surface area contributed by atoms with Gasteiger partial charge in [-0.25, -0.2) is 0 Å². The summed E-state index contributed by atoms with van der Waals surface area (Å²) in [5, 5.41) is 1.17. The topological polar surface area (TPSA) is 41.8 Å². The van der Waals surface area contributed by atoms with E-state index in [1.54, 1.807) is 11.8 Å². The number of nitrogens with one attached hydrogen (secondary N) is 1. The smallest absolute Gasteiger partial charge is 0.0721 e. The Morgan fingerprint density at radius 2 is 2.30 bits per heavy atom. The van der Waals surface area contributed by atoms with Gasteiger partial charge < -0.3 is 10.7 Å². The van der Waals surface area contributed by atoms with Crippen LogP contribution < -0.4 is 5.73 Å². The molecule has 0 saturated heterocycles. The van der Waals surface area contributed by atoms with Crippen LogP contribution in [0.15, 0.2) is 17.2 Å². The van der Waals surface area contributed by atoms with E-state index < -0.39 is 0 Å². The zero-order chi connectivity index (χ0) is 7.56. The van der Waals surface area contributed by atoms with E-state index >= 15 is 0 Å². The van der Waals surface area contributed by atoms with Crippen LogP contribution >= 0.6 is 11.8 Å². The van der Waals surface area contributed by atoms with Crippen molar-refractivity contribution in [3.8, 4) is 0 Å². The Hall–Kier alpha value is -0.410. The third-order valence-corrected chi connectivity index (χ3v) is 2.07. The van der Waals surface area contributed by atoms with Crippen LogP contribution in [-0.4, -0.2) is 11.2 Å². The van der Waals surface area contributed by atoms with Gasteiger partial charge in [0, 0.05) is 11.7 Å². The van der Waals surface area contributed by atoms with Crippen LogP contribution in [-0.2, 0) is 0 Å². The molecule has 1 atom stereocenters. The maximum atomic E-state index is 5.64. The van der Waals surface area contributed by atoms with Crippen LogP contribution in [0.4, 0.5) is 0 Å². The molecule has 0 aliphatic heterocycles. The third kappa shape index (κ3) is 1.55. The fourth-order valence-electron chi connectivity index (χ4n) is 0.776. The molecule has 0 aliphatic rings. The Labute approximate surface area is 65.2 Å². The second-order valence-electron chi connectivity index (χ2n) is 2.27. The van der Waals surface area contributed by atoms with E-state index in [2.05, 4.69) is 4.98 Å². The normalized spacial score (nSPS) is 13.5. The second-order valence-corrected chi connectivity index (χ2v) is 3.12. The van der Waals surface area contributed by atoms with Gasteiger partial charge in [-0.15, -0.1) is 11.8 Å². The fourth-order valence-corrected chi connectivity index (χ4v) is 1.20. The van der Waals surface area contributed by atoms with Crippen molar-refractivity contribution < 1.29 is 0 Å². The maximum absolute atomic E-state index is 5.64. The highest BCUT2D eigenvalue weighted by Crippen LogP contribution is 2.16. The Morgan fingerprint density at radius 3 is 2.60 bits per heavy atom. The number of aromatic nitrogens is 1. The minimum absolute atomic E-state index is 0.112. The fraction of sp³-hybridized carbons (Fsp3) is 0.429. The summed E-state index contributed by atoms with van der Waals surface area (Å²) in [7, 11) is 0. The van der Waals surface area contributed by atoms with Gasteiger partial charge >= 0.3 is 0 Å². The summed E-state index contributed by atoms with van der Waals surface area (Å²) < 4.78 is 0. The van der Waals surface area contributed by atoms with Gasteiger partial charge in [-0.3, -0.25) is 0 Å². The lowest BCUT2D eigenvalue weighted by Gasteiger charge is -1.99. The minimum Gasteiger partial charge on any atom is -0.352 e. The average Bonchev–Trinajstić information content (AvgIpc) is 2.34. The van der Waals surface area contributed by atoms with Crippen molar-refractivity contribution in [2.45, 2.75) is 18.0 Å². The van der Waals surface area contributed by atoms with E-state index in [-0.39, 0.29) is 6.04 Å². The zero-order valence-corrected chi connectivity index (χ0v) is 7.03. The number of hydrogen-bond donors (Lipinski definition) is 2. The molecular weight excluding hydrogens is 144 g/mol. The highest BCUT2D eigenvalue weighted by Gasteiger charge is 2.00. The number of rotatable bonds is 2. The summed E-state index contributed by atoms with van der Waals surface area (Å²) in [6, 6.07) is 4.18. The monoisotopic (exact) mass is 156 g/mol. The highest BCUT2D eigenvalue weighted by molar-refractivity contribution is 7.98. The Bertz CT molecular complexity index is 205. The van der Waals surface area contributed by atoms with Crippen molar-refractivity contribution in [3.63, 3.8) is 0 Å². The number of H-pyrrole nitrogens is 1. The lowest BCUT2D eigenvalue weighted by Crippen LogP contribution is -2.04. The first-order valence-corrected chi connectivity index (χ1v) is 4.45. The highest BCUT2D eigenvalue weighted by atomic mass is 32.2. The molecule has 1 aromatic heterocycles. The van der Waals surface area contributed by atoms with Gasteiger partial charge in [0.05, 0.1) is 5.03 Å². The maximum Gasteiger partial charge on any atom is 0.0721 e. The van der Waals surface area contributed by atoms with Crippen LogP contribution in [0.1, 0.15) is 18.7 Å².